The monoisotopic (exact) mass is 445 g/mol. The van der Waals surface area contributed by atoms with Crippen LogP contribution in [0.5, 0.6) is 0 Å². The first-order valence-electron chi connectivity index (χ1n) is 10.7. The summed E-state index contributed by atoms with van der Waals surface area (Å²) in [5, 5.41) is 2.86. The highest BCUT2D eigenvalue weighted by atomic mass is 32.2. The van der Waals surface area contributed by atoms with E-state index in [1.165, 1.54) is 5.56 Å². The van der Waals surface area contributed by atoms with Gasteiger partial charge in [-0.15, -0.1) is 11.8 Å². The second-order valence-electron chi connectivity index (χ2n) is 7.97. The van der Waals surface area contributed by atoms with Crippen molar-refractivity contribution in [2.24, 2.45) is 0 Å². The van der Waals surface area contributed by atoms with Gasteiger partial charge in [0.1, 0.15) is 5.37 Å². The number of nitrogens with zero attached hydrogens (tertiary/aromatic N) is 2. The summed E-state index contributed by atoms with van der Waals surface area (Å²) in [6.45, 7) is 2.09. The first kappa shape index (κ1) is 22.0. The molecule has 1 aliphatic rings. The van der Waals surface area contributed by atoms with Crippen LogP contribution in [0, 0.1) is 0 Å². The molecular weight excluding hydrogens is 418 g/mol. The van der Waals surface area contributed by atoms with Gasteiger partial charge in [0.15, 0.2) is 0 Å². The van der Waals surface area contributed by atoms with E-state index < -0.39 is 0 Å². The lowest BCUT2D eigenvalue weighted by Gasteiger charge is -2.25. The first-order valence-corrected chi connectivity index (χ1v) is 11.7. The fourth-order valence-electron chi connectivity index (χ4n) is 3.73. The zero-order valence-electron chi connectivity index (χ0n) is 18.5. The molecule has 0 bridgehead atoms. The summed E-state index contributed by atoms with van der Waals surface area (Å²) in [7, 11) is 3.99. The molecule has 0 aromatic heterocycles. The Bertz CT molecular complexity index is 1110. The maximum atomic E-state index is 12.7. The van der Waals surface area contributed by atoms with Crippen LogP contribution >= 0.6 is 11.8 Å². The first-order chi connectivity index (χ1) is 15.5. The average Bonchev–Trinajstić information content (AvgIpc) is 3.20. The quantitative estimate of drug-likeness (QED) is 0.556. The molecule has 0 spiro atoms. The number of carbonyl (C=O) groups is 2. The van der Waals surface area contributed by atoms with Gasteiger partial charge < -0.3 is 10.2 Å². The maximum Gasteiger partial charge on any atom is 0.255 e. The Morgan fingerprint density at radius 1 is 1.06 bits per heavy atom. The number of amides is 2. The Morgan fingerprint density at radius 3 is 2.44 bits per heavy atom. The number of carbonyl (C=O) groups excluding carboxylic acids is 2. The highest BCUT2D eigenvalue weighted by Crippen LogP contribution is 2.42. The Labute approximate surface area is 193 Å². The van der Waals surface area contributed by atoms with Crippen LogP contribution < -0.4 is 15.1 Å². The fraction of sp³-hybridized carbons (Fsp3) is 0.231. The molecule has 1 fully saturated rings. The molecule has 1 aliphatic heterocycles. The number of benzene rings is 3. The molecule has 1 atom stereocenters. The molecular formula is C26H27N3O2S. The summed E-state index contributed by atoms with van der Waals surface area (Å²) in [6.07, 6.45) is 0.941. The van der Waals surface area contributed by atoms with Crippen molar-refractivity contribution in [3.8, 4) is 0 Å². The van der Waals surface area contributed by atoms with Gasteiger partial charge in [0.2, 0.25) is 5.91 Å². The van der Waals surface area contributed by atoms with E-state index in [0.29, 0.717) is 11.3 Å². The van der Waals surface area contributed by atoms with Gasteiger partial charge in [-0.25, -0.2) is 0 Å². The average molecular weight is 446 g/mol. The third kappa shape index (κ3) is 4.65. The number of hydrogen-bond donors (Lipinski definition) is 1. The molecule has 2 amide bonds. The molecule has 1 heterocycles. The normalized spacial score (nSPS) is 15.7. The highest BCUT2D eigenvalue weighted by molar-refractivity contribution is 8.00. The molecule has 0 radical (unpaired) electrons. The minimum absolute atomic E-state index is 0.0862. The van der Waals surface area contributed by atoms with Crippen molar-refractivity contribution in [3.05, 3.63) is 89.5 Å². The minimum Gasteiger partial charge on any atom is -0.378 e. The van der Waals surface area contributed by atoms with E-state index in [-0.39, 0.29) is 17.2 Å². The largest absolute Gasteiger partial charge is 0.378 e. The van der Waals surface area contributed by atoms with Crippen molar-refractivity contribution < 1.29 is 9.59 Å². The third-order valence-electron chi connectivity index (χ3n) is 5.57. The zero-order valence-corrected chi connectivity index (χ0v) is 19.4. The fourth-order valence-corrected chi connectivity index (χ4v) is 4.89. The molecule has 3 aromatic carbocycles. The molecule has 0 aliphatic carbocycles. The summed E-state index contributed by atoms with van der Waals surface area (Å²) in [5.41, 5.74) is 5.49. The second kappa shape index (κ2) is 9.49. The Balaban J connectivity index is 1.54. The zero-order chi connectivity index (χ0) is 22.7. The molecule has 1 saturated heterocycles. The topological polar surface area (TPSA) is 52.7 Å². The third-order valence-corrected chi connectivity index (χ3v) is 6.78. The number of aryl methyl sites for hydroxylation is 1. The van der Waals surface area contributed by atoms with E-state index in [0.717, 1.165) is 29.0 Å². The molecule has 5 nitrogen and oxygen atoms in total. The maximum absolute atomic E-state index is 12.7. The Hall–Kier alpha value is -3.25. The molecule has 0 saturated carbocycles. The number of nitrogens with one attached hydrogen (secondary N) is 1. The summed E-state index contributed by atoms with van der Waals surface area (Å²) in [4.78, 5) is 29.3. The van der Waals surface area contributed by atoms with Gasteiger partial charge in [0.25, 0.3) is 5.91 Å². The van der Waals surface area contributed by atoms with Gasteiger partial charge >= 0.3 is 0 Å². The molecule has 164 valence electrons. The van der Waals surface area contributed by atoms with E-state index in [1.54, 1.807) is 11.8 Å². The predicted molar refractivity (Wildman–Crippen MR) is 134 cm³/mol. The van der Waals surface area contributed by atoms with E-state index in [4.69, 9.17) is 0 Å². The molecule has 32 heavy (non-hydrogen) atoms. The molecule has 6 heteroatoms. The second-order valence-corrected chi connectivity index (χ2v) is 9.04. The predicted octanol–water partition coefficient (Wildman–Crippen LogP) is 5.35. The Kier molecular flexibility index (Phi) is 6.51. The van der Waals surface area contributed by atoms with E-state index in [9.17, 15) is 9.59 Å². The van der Waals surface area contributed by atoms with Crippen LogP contribution in [0.3, 0.4) is 0 Å². The summed E-state index contributed by atoms with van der Waals surface area (Å²) in [5.74, 6) is 0.375. The van der Waals surface area contributed by atoms with Crippen molar-refractivity contribution in [2.45, 2.75) is 18.7 Å². The van der Waals surface area contributed by atoms with E-state index >= 15 is 0 Å². The number of anilines is 3. The number of thioether (sulfide) groups is 1. The smallest absolute Gasteiger partial charge is 0.255 e. The van der Waals surface area contributed by atoms with Crippen molar-refractivity contribution in [1.82, 2.24) is 0 Å². The SMILES string of the molecule is CCc1ccc(C(=O)Nc2cccc([C@@H]3SCC(=O)N3c3ccc(N(C)C)cc3)c2)cc1. The summed E-state index contributed by atoms with van der Waals surface area (Å²) >= 11 is 1.60. The summed E-state index contributed by atoms with van der Waals surface area (Å²) < 4.78 is 0. The number of hydrogen-bond acceptors (Lipinski definition) is 4. The van der Waals surface area contributed by atoms with Gasteiger partial charge in [-0.3, -0.25) is 14.5 Å². The van der Waals surface area contributed by atoms with Crippen molar-refractivity contribution >= 4 is 40.6 Å². The summed E-state index contributed by atoms with van der Waals surface area (Å²) in [6, 6.07) is 23.4. The standard InChI is InChI=1S/C26H27N3O2S/c1-4-18-8-10-19(11-9-18)25(31)27-21-7-5-6-20(16-21)26-29(24(30)17-32-26)23-14-12-22(13-15-23)28(2)3/h5-16,26H,4,17H2,1-3H3,(H,27,31)/t26-/m0/s1. The van der Waals surface area contributed by atoms with Gasteiger partial charge in [-0.1, -0.05) is 31.2 Å². The van der Waals surface area contributed by atoms with Crippen molar-refractivity contribution in [2.75, 3.05) is 35.0 Å². The van der Waals surface area contributed by atoms with Crippen molar-refractivity contribution in [3.63, 3.8) is 0 Å². The molecule has 1 N–H and O–H groups in total. The van der Waals surface area contributed by atoms with Crippen LogP contribution in [-0.2, 0) is 11.2 Å². The van der Waals surface area contributed by atoms with Crippen molar-refractivity contribution in [1.29, 1.82) is 0 Å². The van der Waals surface area contributed by atoms with Crippen LogP contribution in [0.25, 0.3) is 0 Å². The lowest BCUT2D eigenvalue weighted by molar-refractivity contribution is -0.115. The van der Waals surface area contributed by atoms with Gasteiger partial charge in [-0.05, 0) is 66.1 Å². The van der Waals surface area contributed by atoms with Crippen LogP contribution in [-0.4, -0.2) is 31.7 Å². The van der Waals surface area contributed by atoms with Gasteiger partial charge in [-0.2, -0.15) is 0 Å². The molecule has 3 aromatic rings. The van der Waals surface area contributed by atoms with Crippen LogP contribution in [0.2, 0.25) is 0 Å². The highest BCUT2D eigenvalue weighted by Gasteiger charge is 2.34. The van der Waals surface area contributed by atoms with Crippen LogP contribution in [0.15, 0.2) is 72.8 Å². The lowest BCUT2D eigenvalue weighted by Crippen LogP contribution is -2.27. The van der Waals surface area contributed by atoms with E-state index in [2.05, 4.69) is 12.2 Å². The van der Waals surface area contributed by atoms with Crippen LogP contribution in [0.4, 0.5) is 17.1 Å². The van der Waals surface area contributed by atoms with Gasteiger partial charge in [0.05, 0.1) is 5.75 Å². The van der Waals surface area contributed by atoms with Crippen LogP contribution in [0.1, 0.15) is 33.8 Å². The van der Waals surface area contributed by atoms with E-state index in [1.807, 2.05) is 96.7 Å². The Morgan fingerprint density at radius 2 is 1.78 bits per heavy atom. The van der Waals surface area contributed by atoms with Gasteiger partial charge in [0, 0.05) is 36.7 Å². The number of rotatable bonds is 6. The molecule has 0 unspecified atom stereocenters. The lowest BCUT2D eigenvalue weighted by atomic mass is 10.1. The molecule has 4 rings (SSSR count). The minimum atomic E-state index is -0.143.